The summed E-state index contributed by atoms with van der Waals surface area (Å²) in [5, 5.41) is 4.06. The summed E-state index contributed by atoms with van der Waals surface area (Å²) in [4.78, 5) is 8.54. The van der Waals surface area contributed by atoms with Crippen LogP contribution in [0.4, 0.5) is 19.0 Å². The van der Waals surface area contributed by atoms with Gasteiger partial charge in [0.25, 0.3) is 0 Å². The molecule has 0 aliphatic heterocycles. The van der Waals surface area contributed by atoms with E-state index in [9.17, 15) is 13.2 Å². The highest BCUT2D eigenvalue weighted by molar-refractivity contribution is 9.10. The molecule has 0 saturated carbocycles. The van der Waals surface area contributed by atoms with Crippen LogP contribution in [0.15, 0.2) is 41.1 Å². The Kier molecular flexibility index (Phi) is 4.92. The molecule has 3 aromatic rings. The van der Waals surface area contributed by atoms with Crippen LogP contribution in [0.3, 0.4) is 0 Å². The first kappa shape index (κ1) is 18.6. The van der Waals surface area contributed by atoms with Crippen molar-refractivity contribution >= 4 is 32.7 Å². The number of anilines is 1. The summed E-state index contributed by atoms with van der Waals surface area (Å²) >= 11 is 3.48. The molecule has 1 N–H and O–H groups in total. The first-order valence-corrected chi connectivity index (χ1v) is 8.82. The lowest BCUT2D eigenvalue weighted by molar-refractivity contribution is -0.138. The molecule has 0 saturated heterocycles. The zero-order valence-corrected chi connectivity index (χ0v) is 16.0. The second-order valence-corrected chi connectivity index (χ2v) is 7.08. The predicted molar refractivity (Wildman–Crippen MR) is 100 cm³/mol. The molecule has 0 aliphatic rings. The van der Waals surface area contributed by atoms with Gasteiger partial charge in [0.1, 0.15) is 12.1 Å². The quantitative estimate of drug-likeness (QED) is 0.544. The third kappa shape index (κ3) is 3.53. The van der Waals surface area contributed by atoms with Gasteiger partial charge in [-0.15, -0.1) is 0 Å². The maximum absolute atomic E-state index is 13.2. The number of rotatable bonds is 3. The number of fused-ring (bicyclic) bond motifs is 1. The average Bonchev–Trinajstić information content (AvgIpc) is 2.55. The summed E-state index contributed by atoms with van der Waals surface area (Å²) in [7, 11) is 0. The number of benzene rings is 2. The van der Waals surface area contributed by atoms with Gasteiger partial charge < -0.3 is 5.32 Å². The second-order valence-electron chi connectivity index (χ2n) is 6.22. The molecule has 0 aliphatic carbocycles. The molecule has 0 radical (unpaired) electrons. The number of hydrogen-bond acceptors (Lipinski definition) is 3. The highest BCUT2D eigenvalue weighted by Gasteiger charge is 2.33. The van der Waals surface area contributed by atoms with Crippen LogP contribution in [0.2, 0.25) is 0 Å². The van der Waals surface area contributed by atoms with Crippen LogP contribution in [0.5, 0.6) is 0 Å². The van der Waals surface area contributed by atoms with E-state index >= 15 is 0 Å². The van der Waals surface area contributed by atoms with Gasteiger partial charge in [-0.05, 0) is 55.7 Å². The van der Waals surface area contributed by atoms with Crippen LogP contribution in [-0.2, 0) is 6.18 Å². The van der Waals surface area contributed by atoms with E-state index in [1.165, 1.54) is 19.3 Å². The Hall–Kier alpha value is -2.15. The summed E-state index contributed by atoms with van der Waals surface area (Å²) in [6, 6.07) is 7.74. The van der Waals surface area contributed by atoms with Gasteiger partial charge in [0.2, 0.25) is 0 Å². The number of aromatic nitrogens is 2. The van der Waals surface area contributed by atoms with E-state index in [2.05, 4.69) is 31.2 Å². The van der Waals surface area contributed by atoms with Crippen molar-refractivity contribution in [3.8, 4) is 0 Å². The fraction of sp³-hybridized carbons (Fsp3) is 0.263. The summed E-state index contributed by atoms with van der Waals surface area (Å²) in [5.41, 5.74) is 1.97. The summed E-state index contributed by atoms with van der Waals surface area (Å²) in [6.07, 6.45) is -2.93. The van der Waals surface area contributed by atoms with E-state index in [4.69, 9.17) is 0 Å². The van der Waals surface area contributed by atoms with Crippen molar-refractivity contribution < 1.29 is 13.2 Å². The minimum absolute atomic E-state index is 0.220. The maximum Gasteiger partial charge on any atom is 0.416 e. The molecule has 0 amide bonds. The lowest BCUT2D eigenvalue weighted by Crippen LogP contribution is -2.14. The molecule has 0 spiro atoms. The maximum atomic E-state index is 13.2. The highest BCUT2D eigenvalue weighted by Crippen LogP contribution is 2.35. The van der Waals surface area contributed by atoms with Crippen LogP contribution >= 0.6 is 15.9 Å². The Morgan fingerprint density at radius 1 is 1.12 bits per heavy atom. The zero-order chi connectivity index (χ0) is 19.1. The Labute approximate surface area is 157 Å². The molecule has 3 rings (SSSR count). The summed E-state index contributed by atoms with van der Waals surface area (Å²) in [6.45, 7) is 5.28. The third-order valence-electron chi connectivity index (χ3n) is 4.42. The first-order valence-electron chi connectivity index (χ1n) is 8.02. The molecule has 26 heavy (non-hydrogen) atoms. The Balaban J connectivity index is 2.00. The third-order valence-corrected chi connectivity index (χ3v) is 5.27. The van der Waals surface area contributed by atoms with Crippen molar-refractivity contribution in [2.24, 2.45) is 0 Å². The van der Waals surface area contributed by atoms with Gasteiger partial charge in [0.15, 0.2) is 0 Å². The Morgan fingerprint density at radius 3 is 2.54 bits per heavy atom. The molecule has 0 fully saturated rings. The fourth-order valence-corrected chi connectivity index (χ4v) is 3.34. The molecule has 1 atom stereocenters. The van der Waals surface area contributed by atoms with Crippen molar-refractivity contribution in [3.05, 3.63) is 63.4 Å². The van der Waals surface area contributed by atoms with Crippen molar-refractivity contribution in [3.63, 3.8) is 0 Å². The van der Waals surface area contributed by atoms with Gasteiger partial charge >= 0.3 is 6.18 Å². The molecular weight excluding hydrogens is 407 g/mol. The molecule has 1 aromatic heterocycles. The number of nitrogens with zero attached hydrogens (tertiary/aromatic N) is 2. The van der Waals surface area contributed by atoms with Gasteiger partial charge in [-0.1, -0.05) is 28.1 Å². The number of alkyl halides is 3. The van der Waals surface area contributed by atoms with E-state index in [-0.39, 0.29) is 11.6 Å². The van der Waals surface area contributed by atoms with E-state index in [1.807, 2.05) is 26.0 Å². The zero-order valence-electron chi connectivity index (χ0n) is 14.4. The van der Waals surface area contributed by atoms with E-state index in [0.717, 1.165) is 27.0 Å². The molecular formula is C19H17BrF3N3. The largest absolute Gasteiger partial charge is 0.416 e. The van der Waals surface area contributed by atoms with Crippen LogP contribution < -0.4 is 5.32 Å². The normalized spacial score (nSPS) is 13.0. The summed E-state index contributed by atoms with van der Waals surface area (Å²) in [5.74, 6) is 0.593. The fourth-order valence-electron chi connectivity index (χ4n) is 3.01. The van der Waals surface area contributed by atoms with Gasteiger partial charge in [0.05, 0.1) is 17.1 Å². The Bertz CT molecular complexity index is 970. The van der Waals surface area contributed by atoms with Gasteiger partial charge in [-0.2, -0.15) is 13.2 Å². The number of nitrogens with one attached hydrogen (secondary N) is 1. The molecule has 136 valence electrons. The minimum Gasteiger partial charge on any atom is -0.363 e. The van der Waals surface area contributed by atoms with Crippen LogP contribution in [-0.4, -0.2) is 9.97 Å². The predicted octanol–water partition coefficient (Wildman–Crippen LogP) is 6.20. The van der Waals surface area contributed by atoms with Crippen molar-refractivity contribution in [1.29, 1.82) is 0 Å². The lowest BCUT2D eigenvalue weighted by Gasteiger charge is -2.21. The summed E-state index contributed by atoms with van der Waals surface area (Å²) < 4.78 is 40.4. The topological polar surface area (TPSA) is 37.8 Å². The molecule has 7 heteroatoms. The molecule has 0 unspecified atom stereocenters. The van der Waals surface area contributed by atoms with Crippen molar-refractivity contribution in [1.82, 2.24) is 9.97 Å². The first-order chi connectivity index (χ1) is 12.2. The smallest absolute Gasteiger partial charge is 0.363 e. The second kappa shape index (κ2) is 6.87. The van der Waals surface area contributed by atoms with Gasteiger partial charge in [-0.3, -0.25) is 0 Å². The van der Waals surface area contributed by atoms with E-state index in [0.29, 0.717) is 11.4 Å². The van der Waals surface area contributed by atoms with Crippen molar-refractivity contribution in [2.45, 2.75) is 33.0 Å². The van der Waals surface area contributed by atoms with Crippen LogP contribution in [0.1, 0.15) is 35.2 Å². The standard InChI is InChI=1S/C19H17BrF3N3/c1-10-7-14-17(8-16(10)20)24-9-25-18(14)26-12(3)13-5-4-6-15(11(13)2)19(21,22)23/h4-9,12H,1-3H3,(H,24,25,26)/t12-/m1/s1. The number of hydrogen-bond donors (Lipinski definition) is 1. The van der Waals surface area contributed by atoms with Crippen LogP contribution in [0, 0.1) is 13.8 Å². The van der Waals surface area contributed by atoms with Gasteiger partial charge in [-0.25, -0.2) is 9.97 Å². The molecule has 2 aromatic carbocycles. The number of halogens is 4. The monoisotopic (exact) mass is 423 g/mol. The Morgan fingerprint density at radius 2 is 1.85 bits per heavy atom. The minimum atomic E-state index is -4.37. The van der Waals surface area contributed by atoms with E-state index in [1.54, 1.807) is 6.07 Å². The highest BCUT2D eigenvalue weighted by atomic mass is 79.9. The molecule has 0 bridgehead atoms. The lowest BCUT2D eigenvalue weighted by atomic mass is 9.97. The number of aryl methyl sites for hydroxylation is 1. The molecule has 1 heterocycles. The van der Waals surface area contributed by atoms with Crippen LogP contribution in [0.25, 0.3) is 10.9 Å². The van der Waals surface area contributed by atoms with E-state index < -0.39 is 11.7 Å². The average molecular weight is 424 g/mol. The van der Waals surface area contributed by atoms with Crippen molar-refractivity contribution in [2.75, 3.05) is 5.32 Å². The van der Waals surface area contributed by atoms with Gasteiger partial charge in [0, 0.05) is 9.86 Å². The SMILES string of the molecule is Cc1cc2c(N[C@H](C)c3cccc(C(F)(F)F)c3C)ncnc2cc1Br. The molecule has 3 nitrogen and oxygen atoms in total.